The third-order valence-corrected chi connectivity index (χ3v) is 4.56. The fourth-order valence-corrected chi connectivity index (χ4v) is 3.05. The molecule has 3 rings (SSSR count). The Morgan fingerprint density at radius 2 is 1.61 bits per heavy atom. The van der Waals surface area contributed by atoms with Crippen LogP contribution in [0.15, 0.2) is 84.0 Å². The maximum atomic E-state index is 12.9. The van der Waals surface area contributed by atoms with Crippen molar-refractivity contribution in [3.8, 4) is 11.5 Å². The standard InChI is InChI=1S/C24H23N3O4/c1-31-21-14-17(12-13-20(21)28)15-26-27-22(29)16-25-24(30)23(18-8-4-2-5-9-18)19-10-6-3-7-11-19/h2-15,23,28H,16H2,1H3,(H,25,30)(H,27,29). The molecule has 0 aromatic heterocycles. The second-order valence-corrected chi connectivity index (χ2v) is 6.70. The molecule has 0 radical (unpaired) electrons. The van der Waals surface area contributed by atoms with Crippen molar-refractivity contribution in [3.63, 3.8) is 0 Å². The molecule has 0 heterocycles. The van der Waals surface area contributed by atoms with E-state index in [1.807, 2.05) is 60.7 Å². The molecule has 0 unspecified atom stereocenters. The van der Waals surface area contributed by atoms with Gasteiger partial charge in [-0.25, -0.2) is 5.43 Å². The van der Waals surface area contributed by atoms with Gasteiger partial charge in [-0.15, -0.1) is 0 Å². The van der Waals surface area contributed by atoms with Crippen molar-refractivity contribution < 1.29 is 19.4 Å². The van der Waals surface area contributed by atoms with E-state index in [1.165, 1.54) is 19.4 Å². The number of carbonyl (C=O) groups excluding carboxylic acids is 2. The van der Waals surface area contributed by atoms with E-state index in [0.29, 0.717) is 11.3 Å². The molecule has 7 heteroatoms. The van der Waals surface area contributed by atoms with Gasteiger partial charge in [0.1, 0.15) is 0 Å². The van der Waals surface area contributed by atoms with E-state index in [2.05, 4.69) is 15.8 Å². The van der Waals surface area contributed by atoms with Crippen LogP contribution in [0.5, 0.6) is 11.5 Å². The third kappa shape index (κ3) is 5.93. The zero-order valence-corrected chi connectivity index (χ0v) is 17.0. The minimum atomic E-state index is -0.525. The summed E-state index contributed by atoms with van der Waals surface area (Å²) in [5, 5.41) is 16.1. The molecule has 158 valence electrons. The lowest BCUT2D eigenvalue weighted by Crippen LogP contribution is -2.37. The molecule has 0 atom stereocenters. The number of carbonyl (C=O) groups is 2. The van der Waals surface area contributed by atoms with Crippen LogP contribution in [-0.4, -0.2) is 36.8 Å². The van der Waals surface area contributed by atoms with Gasteiger partial charge in [-0.2, -0.15) is 5.10 Å². The predicted molar refractivity (Wildman–Crippen MR) is 118 cm³/mol. The van der Waals surface area contributed by atoms with Crippen LogP contribution < -0.4 is 15.5 Å². The van der Waals surface area contributed by atoms with E-state index in [9.17, 15) is 14.7 Å². The number of aromatic hydroxyl groups is 1. The van der Waals surface area contributed by atoms with Crippen molar-refractivity contribution in [3.05, 3.63) is 95.6 Å². The smallest absolute Gasteiger partial charge is 0.259 e. The Balaban J connectivity index is 1.60. The molecule has 0 aliphatic heterocycles. The average Bonchev–Trinajstić information content (AvgIpc) is 2.80. The lowest BCUT2D eigenvalue weighted by atomic mass is 9.90. The van der Waals surface area contributed by atoms with Crippen molar-refractivity contribution in [2.45, 2.75) is 5.92 Å². The Bertz CT molecular complexity index is 1010. The molecule has 0 saturated carbocycles. The first kappa shape index (κ1) is 21.6. The molecule has 0 saturated heterocycles. The minimum absolute atomic E-state index is 0.0118. The number of nitrogens with one attached hydrogen (secondary N) is 2. The summed E-state index contributed by atoms with van der Waals surface area (Å²) in [6.07, 6.45) is 1.42. The normalized spacial score (nSPS) is 10.8. The molecular formula is C24H23N3O4. The molecule has 0 fully saturated rings. The second kappa shape index (κ2) is 10.6. The molecule has 0 aliphatic rings. The number of phenols is 1. The first-order chi connectivity index (χ1) is 15.1. The van der Waals surface area contributed by atoms with Gasteiger partial charge in [0.25, 0.3) is 5.91 Å². The van der Waals surface area contributed by atoms with Crippen LogP contribution in [0.4, 0.5) is 0 Å². The SMILES string of the molecule is COc1cc(C=NNC(=O)CNC(=O)C(c2ccccc2)c2ccccc2)ccc1O. The van der Waals surface area contributed by atoms with Crippen LogP contribution in [0.3, 0.4) is 0 Å². The summed E-state index contributed by atoms with van der Waals surface area (Å²) in [5.41, 5.74) is 4.68. The highest BCUT2D eigenvalue weighted by Gasteiger charge is 2.22. The van der Waals surface area contributed by atoms with Crippen LogP contribution in [-0.2, 0) is 9.59 Å². The molecule has 7 nitrogen and oxygen atoms in total. The molecule has 31 heavy (non-hydrogen) atoms. The van der Waals surface area contributed by atoms with Gasteiger partial charge in [-0.3, -0.25) is 9.59 Å². The Morgan fingerprint density at radius 1 is 1.00 bits per heavy atom. The summed E-state index contributed by atoms with van der Waals surface area (Å²) in [4.78, 5) is 25.0. The summed E-state index contributed by atoms with van der Waals surface area (Å²) in [6, 6.07) is 23.5. The number of hydrogen-bond acceptors (Lipinski definition) is 5. The molecule has 3 N–H and O–H groups in total. The van der Waals surface area contributed by atoms with Crippen LogP contribution in [0, 0.1) is 0 Å². The number of phenolic OH excluding ortho intramolecular Hbond substituents is 1. The zero-order valence-electron chi connectivity index (χ0n) is 17.0. The summed E-state index contributed by atoms with van der Waals surface area (Å²) in [5.74, 6) is -0.952. The Kier molecular flexibility index (Phi) is 7.37. The van der Waals surface area contributed by atoms with Crippen molar-refractivity contribution in [1.82, 2.24) is 10.7 Å². The molecule has 0 aliphatic carbocycles. The van der Waals surface area contributed by atoms with Gasteiger partial charge in [-0.05, 0) is 34.9 Å². The summed E-state index contributed by atoms with van der Waals surface area (Å²) >= 11 is 0. The van der Waals surface area contributed by atoms with E-state index in [-0.39, 0.29) is 18.2 Å². The fourth-order valence-electron chi connectivity index (χ4n) is 3.05. The van der Waals surface area contributed by atoms with Crippen LogP contribution in [0.2, 0.25) is 0 Å². The largest absolute Gasteiger partial charge is 0.504 e. The summed E-state index contributed by atoms with van der Waals surface area (Å²) < 4.78 is 5.03. The number of benzene rings is 3. The van der Waals surface area contributed by atoms with Crippen molar-refractivity contribution in [2.24, 2.45) is 5.10 Å². The van der Waals surface area contributed by atoms with E-state index in [4.69, 9.17) is 4.74 Å². The van der Waals surface area contributed by atoms with Crippen LogP contribution in [0.1, 0.15) is 22.6 Å². The van der Waals surface area contributed by atoms with Gasteiger partial charge in [0.15, 0.2) is 11.5 Å². The predicted octanol–water partition coefficient (Wildman–Crippen LogP) is 2.80. The summed E-state index contributed by atoms with van der Waals surface area (Å²) in [7, 11) is 1.44. The third-order valence-electron chi connectivity index (χ3n) is 4.56. The monoisotopic (exact) mass is 417 g/mol. The Hall–Kier alpha value is -4.13. The van der Waals surface area contributed by atoms with Gasteiger partial charge < -0.3 is 15.2 Å². The highest BCUT2D eigenvalue weighted by molar-refractivity contribution is 5.91. The zero-order chi connectivity index (χ0) is 22.1. The average molecular weight is 417 g/mol. The van der Waals surface area contributed by atoms with Gasteiger partial charge in [0.05, 0.1) is 25.8 Å². The second-order valence-electron chi connectivity index (χ2n) is 6.70. The Labute approximate surface area is 180 Å². The van der Waals surface area contributed by atoms with Gasteiger partial charge in [0, 0.05) is 0 Å². The lowest BCUT2D eigenvalue weighted by Gasteiger charge is -2.17. The fraction of sp³-hybridized carbons (Fsp3) is 0.125. The van der Waals surface area contributed by atoms with Gasteiger partial charge in [-0.1, -0.05) is 60.7 Å². The number of hydrogen-bond donors (Lipinski definition) is 3. The number of ether oxygens (including phenoxy) is 1. The highest BCUT2D eigenvalue weighted by atomic mass is 16.5. The molecule has 2 amide bonds. The van der Waals surface area contributed by atoms with E-state index in [0.717, 1.165) is 11.1 Å². The first-order valence-electron chi connectivity index (χ1n) is 9.65. The van der Waals surface area contributed by atoms with Crippen molar-refractivity contribution in [1.29, 1.82) is 0 Å². The number of nitrogens with zero attached hydrogens (tertiary/aromatic N) is 1. The minimum Gasteiger partial charge on any atom is -0.504 e. The Morgan fingerprint density at radius 3 is 2.19 bits per heavy atom. The molecule has 0 bridgehead atoms. The van der Waals surface area contributed by atoms with Crippen LogP contribution in [0.25, 0.3) is 0 Å². The molecule has 3 aromatic carbocycles. The lowest BCUT2D eigenvalue weighted by molar-refractivity contribution is -0.126. The van der Waals surface area contributed by atoms with Crippen LogP contribution >= 0.6 is 0 Å². The van der Waals surface area contributed by atoms with Gasteiger partial charge in [0.2, 0.25) is 5.91 Å². The maximum absolute atomic E-state index is 12.9. The molecule has 0 spiro atoms. The quantitative estimate of drug-likeness (QED) is 0.388. The van der Waals surface area contributed by atoms with E-state index in [1.54, 1.807) is 12.1 Å². The van der Waals surface area contributed by atoms with E-state index >= 15 is 0 Å². The van der Waals surface area contributed by atoms with Crippen molar-refractivity contribution >= 4 is 18.0 Å². The summed E-state index contributed by atoms with van der Waals surface area (Å²) in [6.45, 7) is -0.217. The van der Waals surface area contributed by atoms with E-state index < -0.39 is 11.8 Å². The number of methoxy groups -OCH3 is 1. The number of rotatable bonds is 8. The first-order valence-corrected chi connectivity index (χ1v) is 9.65. The number of hydrazone groups is 1. The van der Waals surface area contributed by atoms with Gasteiger partial charge >= 0.3 is 0 Å². The highest BCUT2D eigenvalue weighted by Crippen LogP contribution is 2.26. The molecule has 3 aromatic rings. The topological polar surface area (TPSA) is 100 Å². The molecular weight excluding hydrogens is 394 g/mol. The van der Waals surface area contributed by atoms with Crippen molar-refractivity contribution in [2.75, 3.05) is 13.7 Å². The maximum Gasteiger partial charge on any atom is 0.259 e. The number of amides is 2.